The molecule has 0 heterocycles. The summed E-state index contributed by atoms with van der Waals surface area (Å²) in [5.41, 5.74) is 2.05. The fourth-order valence-electron chi connectivity index (χ4n) is 3.14. The molecule has 0 aliphatic carbocycles. The maximum Gasteiger partial charge on any atom is 0.344 e. The number of hydrogen-bond acceptors (Lipinski definition) is 7. The van der Waals surface area contributed by atoms with E-state index in [4.69, 9.17) is 23.7 Å². The second-order valence-corrected chi connectivity index (χ2v) is 7.48. The first-order chi connectivity index (χ1) is 17.1. The van der Waals surface area contributed by atoms with Crippen LogP contribution in [-0.2, 0) is 27.4 Å². The topological polar surface area (TPSA) is 92.3 Å². The minimum absolute atomic E-state index is 0.302. The molecule has 0 saturated heterocycles. The zero-order valence-electron chi connectivity index (χ0n) is 19.8. The molecule has 0 aliphatic rings. The molecule has 1 N–H and O–H groups in total. The van der Waals surface area contributed by atoms with Gasteiger partial charge in [0.25, 0.3) is 5.91 Å². The molecule has 0 aromatic heterocycles. The van der Waals surface area contributed by atoms with Crippen molar-refractivity contribution in [3.8, 4) is 23.0 Å². The monoisotopic (exact) mass is 479 g/mol. The zero-order chi connectivity index (χ0) is 24.9. The molecule has 3 aromatic carbocycles. The van der Waals surface area contributed by atoms with E-state index in [0.717, 1.165) is 11.1 Å². The summed E-state index contributed by atoms with van der Waals surface area (Å²) < 4.78 is 26.6. The predicted molar refractivity (Wildman–Crippen MR) is 130 cm³/mol. The fourth-order valence-corrected chi connectivity index (χ4v) is 3.14. The molecule has 0 bridgehead atoms. The average molecular weight is 480 g/mol. The number of esters is 1. The van der Waals surface area contributed by atoms with Crippen LogP contribution in [0.3, 0.4) is 0 Å². The van der Waals surface area contributed by atoms with Crippen LogP contribution in [0.5, 0.6) is 23.0 Å². The third-order valence-electron chi connectivity index (χ3n) is 4.98. The lowest BCUT2D eigenvalue weighted by Crippen LogP contribution is -2.31. The van der Waals surface area contributed by atoms with Crippen LogP contribution in [0.15, 0.2) is 72.8 Å². The van der Waals surface area contributed by atoms with E-state index >= 15 is 0 Å². The summed E-state index contributed by atoms with van der Waals surface area (Å²) in [6, 6.07) is 22.3. The second kappa shape index (κ2) is 13.5. The standard InChI is InChI=1S/C27H29NO7/c1-31-24-13-8-20(16-25(24)32-2)14-15-28-26(29)18-35-27(30)19-34-23-11-9-22(10-12-23)33-17-21-6-4-3-5-7-21/h3-13,16H,14-15,17-19H2,1-2H3,(H,28,29). The number of nitrogens with one attached hydrogen (secondary N) is 1. The van der Waals surface area contributed by atoms with Gasteiger partial charge in [-0.2, -0.15) is 0 Å². The van der Waals surface area contributed by atoms with E-state index in [1.54, 1.807) is 38.5 Å². The first kappa shape index (κ1) is 25.4. The first-order valence-corrected chi connectivity index (χ1v) is 11.1. The van der Waals surface area contributed by atoms with Gasteiger partial charge in [-0.05, 0) is 53.9 Å². The number of hydrogen-bond donors (Lipinski definition) is 1. The fraction of sp³-hybridized carbons (Fsp3) is 0.259. The highest BCUT2D eigenvalue weighted by atomic mass is 16.6. The smallest absolute Gasteiger partial charge is 0.344 e. The van der Waals surface area contributed by atoms with Gasteiger partial charge in [0.2, 0.25) is 0 Å². The quantitative estimate of drug-likeness (QED) is 0.375. The molecule has 0 atom stereocenters. The molecule has 8 heteroatoms. The Morgan fingerprint density at radius 1 is 0.743 bits per heavy atom. The molecule has 0 aliphatic heterocycles. The molecule has 35 heavy (non-hydrogen) atoms. The van der Waals surface area contributed by atoms with Crippen molar-refractivity contribution in [2.45, 2.75) is 13.0 Å². The van der Waals surface area contributed by atoms with Gasteiger partial charge in [0, 0.05) is 6.54 Å². The zero-order valence-corrected chi connectivity index (χ0v) is 19.8. The number of ether oxygens (including phenoxy) is 5. The molecule has 3 rings (SSSR count). The average Bonchev–Trinajstić information content (AvgIpc) is 2.90. The highest BCUT2D eigenvalue weighted by Crippen LogP contribution is 2.27. The minimum Gasteiger partial charge on any atom is -0.493 e. The van der Waals surface area contributed by atoms with Crippen LogP contribution in [0.4, 0.5) is 0 Å². The predicted octanol–water partition coefficient (Wildman–Crippen LogP) is 3.56. The van der Waals surface area contributed by atoms with Crippen molar-refractivity contribution in [2.24, 2.45) is 0 Å². The van der Waals surface area contributed by atoms with Crippen LogP contribution in [0.2, 0.25) is 0 Å². The maximum absolute atomic E-state index is 11.9. The van der Waals surface area contributed by atoms with Crippen molar-refractivity contribution in [3.05, 3.63) is 83.9 Å². The van der Waals surface area contributed by atoms with Crippen molar-refractivity contribution in [1.29, 1.82) is 0 Å². The second-order valence-electron chi connectivity index (χ2n) is 7.48. The number of benzene rings is 3. The molecule has 0 unspecified atom stereocenters. The Kier molecular flexibility index (Phi) is 9.80. The summed E-state index contributed by atoms with van der Waals surface area (Å²) in [6.45, 7) is 0.175. The third-order valence-corrected chi connectivity index (χ3v) is 4.98. The normalized spacial score (nSPS) is 10.2. The van der Waals surface area contributed by atoms with E-state index in [-0.39, 0.29) is 13.2 Å². The minimum atomic E-state index is -0.635. The van der Waals surface area contributed by atoms with Crippen LogP contribution < -0.4 is 24.3 Å². The van der Waals surface area contributed by atoms with E-state index in [9.17, 15) is 9.59 Å². The molecule has 0 fully saturated rings. The Hall–Kier alpha value is -4.20. The van der Waals surface area contributed by atoms with E-state index < -0.39 is 11.9 Å². The van der Waals surface area contributed by atoms with Gasteiger partial charge in [-0.3, -0.25) is 4.79 Å². The third kappa shape index (κ3) is 8.58. The van der Waals surface area contributed by atoms with Gasteiger partial charge < -0.3 is 29.0 Å². The summed E-state index contributed by atoms with van der Waals surface area (Å²) in [5.74, 6) is 1.42. The summed E-state index contributed by atoms with van der Waals surface area (Å²) in [4.78, 5) is 23.8. The lowest BCUT2D eigenvalue weighted by molar-refractivity contribution is -0.150. The van der Waals surface area contributed by atoms with E-state index in [2.05, 4.69) is 5.32 Å². The van der Waals surface area contributed by atoms with E-state index in [1.807, 2.05) is 48.5 Å². The molecule has 0 spiro atoms. The van der Waals surface area contributed by atoms with Gasteiger partial charge in [0.1, 0.15) is 18.1 Å². The Morgan fingerprint density at radius 3 is 2.11 bits per heavy atom. The molecule has 0 radical (unpaired) electrons. The lowest BCUT2D eigenvalue weighted by atomic mass is 10.1. The van der Waals surface area contributed by atoms with Crippen LogP contribution in [0.1, 0.15) is 11.1 Å². The first-order valence-electron chi connectivity index (χ1n) is 11.1. The van der Waals surface area contributed by atoms with Crippen LogP contribution in [-0.4, -0.2) is 45.9 Å². The number of carbonyl (C=O) groups excluding carboxylic acids is 2. The SMILES string of the molecule is COc1ccc(CCNC(=O)COC(=O)COc2ccc(OCc3ccccc3)cc2)cc1OC. The number of carbonyl (C=O) groups is 2. The lowest BCUT2D eigenvalue weighted by Gasteiger charge is -2.10. The van der Waals surface area contributed by atoms with Crippen molar-refractivity contribution >= 4 is 11.9 Å². The highest BCUT2D eigenvalue weighted by molar-refractivity contribution is 5.80. The Morgan fingerprint density at radius 2 is 1.43 bits per heavy atom. The van der Waals surface area contributed by atoms with Crippen LogP contribution in [0.25, 0.3) is 0 Å². The van der Waals surface area contributed by atoms with Gasteiger partial charge >= 0.3 is 5.97 Å². The largest absolute Gasteiger partial charge is 0.493 e. The molecular formula is C27H29NO7. The summed E-state index contributed by atoms with van der Waals surface area (Å²) in [7, 11) is 3.14. The molecule has 1 amide bonds. The van der Waals surface area contributed by atoms with Crippen molar-refractivity contribution in [1.82, 2.24) is 5.32 Å². The molecule has 184 valence electrons. The summed E-state index contributed by atoms with van der Waals surface area (Å²) in [6.07, 6.45) is 0.591. The van der Waals surface area contributed by atoms with Gasteiger partial charge in [-0.25, -0.2) is 4.79 Å². The van der Waals surface area contributed by atoms with Gasteiger partial charge in [-0.1, -0.05) is 36.4 Å². The number of amides is 1. The Labute approximate surface area is 204 Å². The molecule has 3 aromatic rings. The number of methoxy groups -OCH3 is 2. The van der Waals surface area contributed by atoms with Crippen molar-refractivity contribution in [2.75, 3.05) is 34.0 Å². The van der Waals surface area contributed by atoms with Gasteiger partial charge in [0.15, 0.2) is 24.7 Å². The van der Waals surface area contributed by atoms with E-state index in [0.29, 0.717) is 42.6 Å². The Bertz CT molecular complexity index is 1080. The van der Waals surface area contributed by atoms with Crippen molar-refractivity contribution < 1.29 is 33.3 Å². The van der Waals surface area contributed by atoms with Crippen LogP contribution in [0, 0.1) is 0 Å². The van der Waals surface area contributed by atoms with E-state index in [1.165, 1.54) is 0 Å². The van der Waals surface area contributed by atoms with Crippen LogP contribution >= 0.6 is 0 Å². The molecular weight excluding hydrogens is 450 g/mol. The maximum atomic E-state index is 11.9. The summed E-state index contributed by atoms with van der Waals surface area (Å²) >= 11 is 0. The Balaban J connectivity index is 1.31. The summed E-state index contributed by atoms with van der Waals surface area (Å²) in [5, 5.41) is 2.71. The highest BCUT2D eigenvalue weighted by Gasteiger charge is 2.09. The molecule has 8 nitrogen and oxygen atoms in total. The van der Waals surface area contributed by atoms with Gasteiger partial charge in [-0.15, -0.1) is 0 Å². The van der Waals surface area contributed by atoms with Gasteiger partial charge in [0.05, 0.1) is 14.2 Å². The number of rotatable bonds is 13. The van der Waals surface area contributed by atoms with Crippen molar-refractivity contribution in [3.63, 3.8) is 0 Å². The molecule has 0 saturated carbocycles.